The van der Waals surface area contributed by atoms with Crippen LogP contribution in [0, 0.1) is 0 Å². The van der Waals surface area contributed by atoms with Gasteiger partial charge in [0.1, 0.15) is 0 Å². The summed E-state index contributed by atoms with van der Waals surface area (Å²) in [5.74, 6) is -0.367. The zero-order valence-corrected chi connectivity index (χ0v) is 18.4. The predicted octanol–water partition coefficient (Wildman–Crippen LogP) is 4.34. The summed E-state index contributed by atoms with van der Waals surface area (Å²) < 4.78 is 0. The fraction of sp³-hybridized carbons (Fsp3) is 0.174. The lowest BCUT2D eigenvalue weighted by atomic mass is 10.0. The van der Waals surface area contributed by atoms with Crippen LogP contribution in [0.4, 0.5) is 5.69 Å². The average molecular weight is 457 g/mol. The molecule has 0 radical (unpaired) electrons. The van der Waals surface area contributed by atoms with Crippen LogP contribution in [-0.4, -0.2) is 35.3 Å². The van der Waals surface area contributed by atoms with E-state index < -0.39 is 6.04 Å². The van der Waals surface area contributed by atoms with Crippen molar-refractivity contribution < 1.29 is 9.59 Å². The first-order valence-corrected chi connectivity index (χ1v) is 10.3. The third kappa shape index (κ3) is 6.04. The molecule has 0 fully saturated rings. The van der Waals surface area contributed by atoms with Gasteiger partial charge >= 0.3 is 0 Å². The molecular weight excluding hydrogens is 435 g/mol. The van der Waals surface area contributed by atoms with Crippen LogP contribution in [0.25, 0.3) is 0 Å². The second kappa shape index (κ2) is 10.4. The van der Waals surface area contributed by atoms with Crippen molar-refractivity contribution in [2.24, 2.45) is 5.73 Å². The molecule has 8 heteroatoms. The normalized spacial score (nSPS) is 11.6. The van der Waals surface area contributed by atoms with Gasteiger partial charge in [-0.3, -0.25) is 14.6 Å². The summed E-state index contributed by atoms with van der Waals surface area (Å²) >= 11 is 12.3. The number of benzene rings is 2. The van der Waals surface area contributed by atoms with Crippen LogP contribution < -0.4 is 11.1 Å². The Morgan fingerprint density at radius 1 is 1.03 bits per heavy atom. The van der Waals surface area contributed by atoms with Crippen molar-refractivity contribution >= 4 is 40.7 Å². The minimum atomic E-state index is -0.409. The SMILES string of the molecule is CN(CC(N)c1ccc(C(=O)Nc2ccncc2)cc1)C(=O)Cc1c(Cl)cccc1Cl. The number of nitrogens with two attached hydrogens (primary N) is 1. The molecule has 1 aromatic heterocycles. The first-order chi connectivity index (χ1) is 14.8. The third-order valence-corrected chi connectivity index (χ3v) is 5.53. The number of anilines is 1. The number of hydrogen-bond donors (Lipinski definition) is 2. The average Bonchev–Trinajstić information content (AvgIpc) is 2.77. The summed E-state index contributed by atoms with van der Waals surface area (Å²) in [5, 5.41) is 3.72. The van der Waals surface area contributed by atoms with Crippen molar-refractivity contribution in [3.8, 4) is 0 Å². The smallest absolute Gasteiger partial charge is 0.255 e. The monoisotopic (exact) mass is 456 g/mol. The Balaban J connectivity index is 1.59. The molecule has 3 rings (SSSR count). The van der Waals surface area contributed by atoms with E-state index in [0.717, 1.165) is 5.56 Å². The maximum Gasteiger partial charge on any atom is 0.255 e. The quantitative estimate of drug-likeness (QED) is 0.553. The fourth-order valence-corrected chi connectivity index (χ4v) is 3.54. The molecule has 0 bridgehead atoms. The molecule has 1 heterocycles. The highest BCUT2D eigenvalue weighted by molar-refractivity contribution is 6.36. The van der Waals surface area contributed by atoms with Crippen LogP contribution in [0.1, 0.15) is 27.5 Å². The minimum absolute atomic E-state index is 0.0931. The summed E-state index contributed by atoms with van der Waals surface area (Å²) in [4.78, 5) is 30.4. The van der Waals surface area contributed by atoms with Crippen molar-refractivity contribution in [1.82, 2.24) is 9.88 Å². The maximum atomic E-state index is 12.6. The van der Waals surface area contributed by atoms with E-state index >= 15 is 0 Å². The standard InChI is InChI=1S/C23H22Cl2N4O2/c1-29(22(30)13-18-19(24)3-2-4-20(18)25)14-21(26)15-5-7-16(8-6-15)23(31)28-17-9-11-27-12-10-17/h2-12,21H,13-14,26H2,1H3,(H,27,28,31). The molecule has 2 aromatic carbocycles. The number of carbonyl (C=O) groups excluding carboxylic acids is 2. The summed E-state index contributed by atoms with van der Waals surface area (Å²) in [6.07, 6.45) is 3.31. The van der Waals surface area contributed by atoms with Crippen molar-refractivity contribution in [2.45, 2.75) is 12.5 Å². The summed E-state index contributed by atoms with van der Waals surface area (Å²) in [6, 6.07) is 15.1. The highest BCUT2D eigenvalue weighted by Crippen LogP contribution is 2.25. The summed E-state index contributed by atoms with van der Waals surface area (Å²) in [7, 11) is 1.68. The molecule has 3 N–H and O–H groups in total. The van der Waals surface area contributed by atoms with Gasteiger partial charge in [-0.25, -0.2) is 0 Å². The van der Waals surface area contributed by atoms with E-state index in [4.69, 9.17) is 28.9 Å². The number of rotatable bonds is 7. The number of amides is 2. The van der Waals surface area contributed by atoms with Gasteiger partial charge < -0.3 is 16.0 Å². The first kappa shape index (κ1) is 22.7. The van der Waals surface area contributed by atoms with E-state index in [-0.39, 0.29) is 18.2 Å². The Morgan fingerprint density at radius 2 is 1.65 bits per heavy atom. The topological polar surface area (TPSA) is 88.3 Å². The Kier molecular flexibility index (Phi) is 7.63. The highest BCUT2D eigenvalue weighted by atomic mass is 35.5. The van der Waals surface area contributed by atoms with Gasteiger partial charge in [-0.15, -0.1) is 0 Å². The van der Waals surface area contributed by atoms with E-state index in [0.29, 0.717) is 33.4 Å². The molecule has 0 aliphatic heterocycles. The van der Waals surface area contributed by atoms with Crippen molar-refractivity contribution in [3.63, 3.8) is 0 Å². The lowest BCUT2D eigenvalue weighted by molar-refractivity contribution is -0.129. The third-order valence-electron chi connectivity index (χ3n) is 4.83. The zero-order chi connectivity index (χ0) is 22.4. The van der Waals surface area contributed by atoms with E-state index in [9.17, 15) is 9.59 Å². The lowest BCUT2D eigenvalue weighted by Crippen LogP contribution is -2.35. The molecule has 1 atom stereocenters. The second-order valence-corrected chi connectivity index (χ2v) is 7.88. The van der Waals surface area contributed by atoms with Crippen molar-refractivity contribution in [2.75, 3.05) is 18.9 Å². The number of pyridine rings is 1. The van der Waals surface area contributed by atoms with Crippen LogP contribution in [0.5, 0.6) is 0 Å². The fourth-order valence-electron chi connectivity index (χ4n) is 3.01. The molecule has 31 heavy (non-hydrogen) atoms. The van der Waals surface area contributed by atoms with Crippen molar-refractivity contribution in [3.05, 3.63) is 93.7 Å². The van der Waals surface area contributed by atoms with Crippen LogP contribution in [-0.2, 0) is 11.2 Å². The molecule has 0 saturated carbocycles. The van der Waals surface area contributed by atoms with Crippen LogP contribution >= 0.6 is 23.2 Å². The number of aromatic nitrogens is 1. The molecule has 2 amide bonds. The largest absolute Gasteiger partial charge is 0.344 e. The van der Waals surface area contributed by atoms with Gasteiger partial charge in [0, 0.05) is 53.3 Å². The Bertz CT molecular complexity index is 1040. The van der Waals surface area contributed by atoms with E-state index in [1.807, 2.05) is 0 Å². The van der Waals surface area contributed by atoms with Crippen molar-refractivity contribution in [1.29, 1.82) is 0 Å². The molecule has 0 spiro atoms. The van der Waals surface area contributed by atoms with E-state index in [2.05, 4.69) is 10.3 Å². The Morgan fingerprint density at radius 3 is 2.26 bits per heavy atom. The van der Waals surface area contributed by atoms with Gasteiger partial charge in [0.2, 0.25) is 5.91 Å². The molecular formula is C23H22Cl2N4O2. The number of halogens is 2. The van der Waals surface area contributed by atoms with Gasteiger partial charge in [0.15, 0.2) is 0 Å². The maximum absolute atomic E-state index is 12.6. The molecule has 6 nitrogen and oxygen atoms in total. The number of nitrogens with one attached hydrogen (secondary N) is 1. The zero-order valence-electron chi connectivity index (χ0n) is 16.9. The first-order valence-electron chi connectivity index (χ1n) is 9.59. The van der Waals surface area contributed by atoms with Gasteiger partial charge in [0.25, 0.3) is 5.91 Å². The minimum Gasteiger partial charge on any atom is -0.344 e. The van der Waals surface area contributed by atoms with Gasteiger partial charge in [-0.2, -0.15) is 0 Å². The number of hydrogen-bond acceptors (Lipinski definition) is 4. The number of carbonyl (C=O) groups is 2. The van der Waals surface area contributed by atoms with Crippen LogP contribution in [0.2, 0.25) is 10.0 Å². The summed E-state index contributed by atoms with van der Waals surface area (Å²) in [6.45, 7) is 0.309. The van der Waals surface area contributed by atoms with Crippen LogP contribution in [0.15, 0.2) is 67.0 Å². The lowest BCUT2D eigenvalue weighted by Gasteiger charge is -2.22. The summed E-state index contributed by atoms with van der Waals surface area (Å²) in [5.41, 5.74) is 8.87. The van der Waals surface area contributed by atoms with Crippen LogP contribution in [0.3, 0.4) is 0 Å². The van der Waals surface area contributed by atoms with E-state index in [1.165, 1.54) is 0 Å². The highest BCUT2D eigenvalue weighted by Gasteiger charge is 2.18. The molecule has 0 aliphatic carbocycles. The molecule has 0 saturated heterocycles. The number of nitrogens with zero attached hydrogens (tertiary/aromatic N) is 2. The van der Waals surface area contributed by atoms with Gasteiger partial charge in [0.05, 0.1) is 6.42 Å². The molecule has 3 aromatic rings. The molecule has 160 valence electrons. The Labute approximate surface area is 191 Å². The Hall–Kier alpha value is -2.93. The second-order valence-electron chi connectivity index (χ2n) is 7.07. The van der Waals surface area contributed by atoms with E-state index in [1.54, 1.807) is 78.9 Å². The predicted molar refractivity (Wildman–Crippen MR) is 123 cm³/mol. The van der Waals surface area contributed by atoms with Gasteiger partial charge in [-0.05, 0) is 47.5 Å². The molecule has 1 unspecified atom stereocenters. The molecule has 0 aliphatic rings. The number of likely N-dealkylation sites (N-methyl/N-ethyl adjacent to an activating group) is 1. The van der Waals surface area contributed by atoms with Gasteiger partial charge in [-0.1, -0.05) is 41.4 Å².